The Morgan fingerprint density at radius 3 is 2.46 bits per heavy atom. The molecule has 0 spiro atoms. The summed E-state index contributed by atoms with van der Waals surface area (Å²) in [5.41, 5.74) is 9.58. The van der Waals surface area contributed by atoms with Gasteiger partial charge in [-0.2, -0.15) is 5.10 Å². The molecule has 3 rings (SSSR count). The van der Waals surface area contributed by atoms with E-state index in [4.69, 9.17) is 22.4 Å². The van der Waals surface area contributed by atoms with E-state index in [2.05, 4.69) is 26.1 Å². The molecule has 0 amide bonds. The Bertz CT molecular complexity index is 957. The lowest BCUT2D eigenvalue weighted by atomic mass is 10.0. The summed E-state index contributed by atoms with van der Waals surface area (Å²) in [6.07, 6.45) is 0. The third-order valence-corrected chi connectivity index (χ3v) is 4.42. The molecule has 0 saturated heterocycles. The molecule has 0 aliphatic rings. The lowest BCUT2D eigenvalue weighted by Gasteiger charge is -2.24. The first kappa shape index (κ1) is 18.3. The average Bonchev–Trinajstić information content (AvgIpc) is 2.87. The molecule has 26 heavy (non-hydrogen) atoms. The predicted molar refractivity (Wildman–Crippen MR) is 107 cm³/mol. The van der Waals surface area contributed by atoms with Crippen molar-refractivity contribution in [3.63, 3.8) is 0 Å². The van der Waals surface area contributed by atoms with E-state index in [1.165, 1.54) is 12.1 Å². The van der Waals surface area contributed by atoms with Crippen LogP contribution in [-0.2, 0) is 5.54 Å². The molecule has 3 aromatic rings. The molecule has 1 aromatic heterocycles. The van der Waals surface area contributed by atoms with Crippen LogP contribution in [0.3, 0.4) is 0 Å². The van der Waals surface area contributed by atoms with E-state index in [-0.39, 0.29) is 11.4 Å². The van der Waals surface area contributed by atoms with Gasteiger partial charge < -0.3 is 11.1 Å². The molecule has 4 nitrogen and oxygen atoms in total. The maximum Gasteiger partial charge on any atom is 0.137 e. The average molecular weight is 373 g/mol. The zero-order valence-electron chi connectivity index (χ0n) is 15.3. The van der Waals surface area contributed by atoms with Gasteiger partial charge in [0.25, 0.3) is 0 Å². The molecule has 0 aliphatic carbocycles. The number of para-hydroxylation sites is 2. The molecule has 0 aliphatic heterocycles. The number of nitrogens with one attached hydrogen (secondary N) is 1. The highest BCUT2D eigenvalue weighted by Crippen LogP contribution is 2.40. The molecular weight excluding hydrogens is 351 g/mol. The summed E-state index contributed by atoms with van der Waals surface area (Å²) in [6.45, 7) is 8.11. The molecule has 3 N–H and O–H groups in total. The molecule has 0 saturated carbocycles. The molecule has 0 fully saturated rings. The Labute approximate surface area is 157 Å². The van der Waals surface area contributed by atoms with E-state index >= 15 is 0 Å². The smallest absolute Gasteiger partial charge is 0.137 e. The maximum absolute atomic E-state index is 13.5. The van der Waals surface area contributed by atoms with Gasteiger partial charge >= 0.3 is 0 Å². The van der Waals surface area contributed by atoms with Crippen LogP contribution in [0, 0.1) is 12.7 Å². The second kappa shape index (κ2) is 6.65. The van der Waals surface area contributed by atoms with Crippen molar-refractivity contribution < 1.29 is 4.39 Å². The summed E-state index contributed by atoms with van der Waals surface area (Å²) >= 11 is 6.34. The molecule has 0 unspecified atom stereocenters. The van der Waals surface area contributed by atoms with Crippen molar-refractivity contribution in [2.75, 3.05) is 11.1 Å². The predicted octanol–water partition coefficient (Wildman–Crippen LogP) is 5.73. The number of aromatic nitrogens is 2. The third kappa shape index (κ3) is 3.40. The number of nitrogen functional groups attached to an aromatic ring is 1. The summed E-state index contributed by atoms with van der Waals surface area (Å²) in [5.74, 6) is 0.392. The Hall–Kier alpha value is -2.53. The topological polar surface area (TPSA) is 55.9 Å². The number of hydrogen-bond acceptors (Lipinski definition) is 3. The highest BCUT2D eigenvalue weighted by Gasteiger charge is 2.26. The molecule has 2 aromatic carbocycles. The van der Waals surface area contributed by atoms with Crippen molar-refractivity contribution >= 4 is 28.8 Å². The summed E-state index contributed by atoms with van der Waals surface area (Å²) in [6, 6.07) is 11.9. The van der Waals surface area contributed by atoms with E-state index in [0.717, 1.165) is 28.3 Å². The molecule has 0 radical (unpaired) electrons. The highest BCUT2D eigenvalue weighted by molar-refractivity contribution is 6.33. The van der Waals surface area contributed by atoms with E-state index in [1.807, 2.05) is 35.9 Å². The van der Waals surface area contributed by atoms with E-state index in [1.54, 1.807) is 6.07 Å². The van der Waals surface area contributed by atoms with Crippen LogP contribution in [0.15, 0.2) is 42.5 Å². The van der Waals surface area contributed by atoms with Gasteiger partial charge in [0, 0.05) is 11.1 Å². The van der Waals surface area contributed by atoms with Gasteiger partial charge in [-0.1, -0.05) is 23.7 Å². The zero-order chi connectivity index (χ0) is 19.1. The molecule has 0 bridgehead atoms. The normalized spacial score (nSPS) is 11.6. The van der Waals surface area contributed by atoms with Crippen molar-refractivity contribution in [2.24, 2.45) is 0 Å². The fourth-order valence-corrected chi connectivity index (χ4v) is 3.14. The molecule has 1 heterocycles. The van der Waals surface area contributed by atoms with Crippen LogP contribution < -0.4 is 11.1 Å². The molecule has 6 heteroatoms. The number of hydrogen-bond donors (Lipinski definition) is 2. The largest absolute Gasteiger partial charge is 0.397 e. The zero-order valence-corrected chi connectivity index (χ0v) is 16.0. The standard InChI is InChI=1S/C20H22ClFN4/c1-12-18(14-10-9-13(22)11-15(14)21)19(26(25-12)20(2,3)4)24-17-8-6-5-7-16(17)23/h5-11,24H,23H2,1-4H3. The minimum atomic E-state index is -0.374. The van der Waals surface area contributed by atoms with Crippen LogP contribution >= 0.6 is 11.6 Å². The lowest BCUT2D eigenvalue weighted by molar-refractivity contribution is 0.359. The molecular formula is C20H22ClFN4. The Morgan fingerprint density at radius 1 is 1.15 bits per heavy atom. The number of benzene rings is 2. The number of nitrogens with two attached hydrogens (primary N) is 1. The minimum Gasteiger partial charge on any atom is -0.397 e. The Kier molecular flexibility index (Phi) is 4.67. The van der Waals surface area contributed by atoms with E-state index < -0.39 is 0 Å². The quantitative estimate of drug-likeness (QED) is 0.577. The van der Waals surface area contributed by atoms with Crippen molar-refractivity contribution in [3.8, 4) is 11.1 Å². The summed E-state index contributed by atoms with van der Waals surface area (Å²) in [7, 11) is 0. The van der Waals surface area contributed by atoms with Gasteiger partial charge in [0.2, 0.25) is 0 Å². The summed E-state index contributed by atoms with van der Waals surface area (Å²) < 4.78 is 15.4. The first-order valence-corrected chi connectivity index (χ1v) is 8.73. The summed E-state index contributed by atoms with van der Waals surface area (Å²) in [5, 5.41) is 8.45. The Morgan fingerprint density at radius 2 is 1.85 bits per heavy atom. The Balaban J connectivity index is 2.24. The van der Waals surface area contributed by atoms with Crippen molar-refractivity contribution in [1.82, 2.24) is 9.78 Å². The van der Waals surface area contributed by atoms with Gasteiger partial charge in [-0.15, -0.1) is 0 Å². The number of nitrogens with zero attached hydrogens (tertiary/aromatic N) is 2. The molecule has 0 atom stereocenters. The van der Waals surface area contributed by atoms with Crippen LogP contribution in [0.1, 0.15) is 26.5 Å². The number of halogens is 2. The first-order chi connectivity index (χ1) is 12.2. The fraction of sp³-hybridized carbons (Fsp3) is 0.250. The highest BCUT2D eigenvalue weighted by atomic mass is 35.5. The SMILES string of the molecule is Cc1nn(C(C)(C)C)c(Nc2ccccc2N)c1-c1ccc(F)cc1Cl. The van der Waals surface area contributed by atoms with Gasteiger partial charge in [-0.3, -0.25) is 0 Å². The van der Waals surface area contributed by atoms with Crippen molar-refractivity contribution in [3.05, 3.63) is 59.0 Å². The van der Waals surface area contributed by atoms with Gasteiger partial charge in [-0.25, -0.2) is 9.07 Å². The number of anilines is 3. The second-order valence-corrected chi connectivity index (χ2v) is 7.64. The van der Waals surface area contributed by atoms with E-state index in [9.17, 15) is 4.39 Å². The monoisotopic (exact) mass is 372 g/mol. The first-order valence-electron chi connectivity index (χ1n) is 8.35. The van der Waals surface area contributed by atoms with Crippen LogP contribution in [-0.4, -0.2) is 9.78 Å². The van der Waals surface area contributed by atoms with Crippen LogP contribution in [0.4, 0.5) is 21.6 Å². The van der Waals surface area contributed by atoms with Crippen molar-refractivity contribution in [2.45, 2.75) is 33.2 Å². The third-order valence-electron chi connectivity index (χ3n) is 4.11. The molecule has 136 valence electrons. The number of rotatable bonds is 3. The number of aryl methyl sites for hydroxylation is 1. The summed E-state index contributed by atoms with van der Waals surface area (Å²) in [4.78, 5) is 0. The van der Waals surface area contributed by atoms with Crippen LogP contribution in [0.2, 0.25) is 5.02 Å². The lowest BCUT2D eigenvalue weighted by Crippen LogP contribution is -2.24. The van der Waals surface area contributed by atoms with E-state index in [0.29, 0.717) is 10.7 Å². The van der Waals surface area contributed by atoms with Gasteiger partial charge in [0.05, 0.1) is 27.6 Å². The second-order valence-electron chi connectivity index (χ2n) is 7.23. The maximum atomic E-state index is 13.5. The minimum absolute atomic E-state index is 0.276. The van der Waals surface area contributed by atoms with Gasteiger partial charge in [0.1, 0.15) is 11.6 Å². The van der Waals surface area contributed by atoms with Gasteiger partial charge in [-0.05, 0) is 58.0 Å². The van der Waals surface area contributed by atoms with Gasteiger partial charge in [0.15, 0.2) is 0 Å². The van der Waals surface area contributed by atoms with Crippen LogP contribution in [0.5, 0.6) is 0 Å². The van der Waals surface area contributed by atoms with Crippen LogP contribution in [0.25, 0.3) is 11.1 Å². The fourth-order valence-electron chi connectivity index (χ4n) is 2.88. The van der Waals surface area contributed by atoms with Crippen molar-refractivity contribution in [1.29, 1.82) is 0 Å².